The van der Waals surface area contributed by atoms with Crippen LogP contribution in [0.25, 0.3) is 5.52 Å². The minimum Gasteiger partial charge on any atom is -0.369 e. The standard InChI is InChI=1S/C6H6N4/c7-6-9-2-1-5-3-8-4-10(5)6/h1-4H,(H2,7,9). The third-order valence-corrected chi connectivity index (χ3v) is 1.37. The van der Waals surface area contributed by atoms with Gasteiger partial charge in [0, 0.05) is 6.20 Å². The van der Waals surface area contributed by atoms with E-state index in [0.29, 0.717) is 5.95 Å². The number of nitrogen functional groups attached to an aromatic ring is 1. The molecule has 4 nitrogen and oxygen atoms in total. The van der Waals surface area contributed by atoms with Crippen molar-refractivity contribution < 1.29 is 0 Å². The van der Waals surface area contributed by atoms with Gasteiger partial charge in [-0.15, -0.1) is 0 Å². The molecule has 2 rings (SSSR count). The summed E-state index contributed by atoms with van der Waals surface area (Å²) in [4.78, 5) is 7.79. The molecule has 10 heavy (non-hydrogen) atoms. The zero-order valence-corrected chi connectivity index (χ0v) is 5.23. The summed E-state index contributed by atoms with van der Waals surface area (Å²) in [5.74, 6) is 0.468. The molecule has 4 heteroatoms. The van der Waals surface area contributed by atoms with E-state index in [1.165, 1.54) is 0 Å². The van der Waals surface area contributed by atoms with Gasteiger partial charge in [0.25, 0.3) is 0 Å². The quantitative estimate of drug-likeness (QED) is 0.564. The number of fused-ring (bicyclic) bond motifs is 1. The van der Waals surface area contributed by atoms with Crippen molar-refractivity contribution in [2.45, 2.75) is 0 Å². The van der Waals surface area contributed by atoms with Crippen LogP contribution >= 0.6 is 0 Å². The number of imidazole rings is 1. The summed E-state index contributed by atoms with van der Waals surface area (Å²) < 4.78 is 1.72. The lowest BCUT2D eigenvalue weighted by atomic mass is 10.5. The predicted octanol–water partition coefficient (Wildman–Crippen LogP) is 0.311. The molecular weight excluding hydrogens is 128 g/mol. The zero-order chi connectivity index (χ0) is 6.97. The first-order valence-electron chi connectivity index (χ1n) is 2.90. The molecule has 0 fully saturated rings. The van der Waals surface area contributed by atoms with Gasteiger partial charge in [-0.25, -0.2) is 9.97 Å². The number of aromatic nitrogens is 3. The number of hydrogen-bond donors (Lipinski definition) is 1. The van der Waals surface area contributed by atoms with Gasteiger partial charge in [0.1, 0.15) is 6.33 Å². The first-order valence-corrected chi connectivity index (χ1v) is 2.90. The maximum Gasteiger partial charge on any atom is 0.205 e. The van der Waals surface area contributed by atoms with Crippen LogP contribution in [0.5, 0.6) is 0 Å². The highest BCUT2D eigenvalue weighted by Gasteiger charge is 1.93. The largest absolute Gasteiger partial charge is 0.369 e. The highest BCUT2D eigenvalue weighted by Crippen LogP contribution is 2.03. The molecule has 2 N–H and O–H groups in total. The van der Waals surface area contributed by atoms with Crippen LogP contribution in [0.1, 0.15) is 0 Å². The molecule has 0 radical (unpaired) electrons. The first-order chi connectivity index (χ1) is 4.88. The molecule has 0 aromatic carbocycles. The molecule has 0 aliphatic rings. The highest BCUT2D eigenvalue weighted by atomic mass is 15.1. The maximum absolute atomic E-state index is 5.51. The Hall–Kier alpha value is -1.58. The first kappa shape index (κ1) is 5.22. The normalized spacial score (nSPS) is 10.4. The summed E-state index contributed by atoms with van der Waals surface area (Å²) in [5.41, 5.74) is 6.48. The Morgan fingerprint density at radius 3 is 3.20 bits per heavy atom. The van der Waals surface area contributed by atoms with Crippen LogP contribution in [-0.4, -0.2) is 14.4 Å². The van der Waals surface area contributed by atoms with Crippen LogP contribution < -0.4 is 5.73 Å². The van der Waals surface area contributed by atoms with E-state index in [1.807, 2.05) is 6.07 Å². The number of nitrogens with two attached hydrogens (primary N) is 1. The average molecular weight is 134 g/mol. The van der Waals surface area contributed by atoms with E-state index >= 15 is 0 Å². The minimum atomic E-state index is 0.468. The van der Waals surface area contributed by atoms with Gasteiger partial charge in [0.15, 0.2) is 0 Å². The van der Waals surface area contributed by atoms with Crippen molar-refractivity contribution in [1.29, 1.82) is 0 Å². The van der Waals surface area contributed by atoms with Crippen molar-refractivity contribution in [3.8, 4) is 0 Å². The van der Waals surface area contributed by atoms with E-state index in [0.717, 1.165) is 5.52 Å². The van der Waals surface area contributed by atoms with E-state index < -0.39 is 0 Å². The average Bonchev–Trinajstić information content (AvgIpc) is 2.36. The van der Waals surface area contributed by atoms with Crippen LogP contribution in [0.2, 0.25) is 0 Å². The van der Waals surface area contributed by atoms with E-state index in [2.05, 4.69) is 9.97 Å². The van der Waals surface area contributed by atoms with E-state index in [9.17, 15) is 0 Å². The smallest absolute Gasteiger partial charge is 0.205 e. The van der Waals surface area contributed by atoms with Gasteiger partial charge in [-0.3, -0.25) is 4.40 Å². The van der Waals surface area contributed by atoms with Crippen molar-refractivity contribution >= 4 is 11.5 Å². The van der Waals surface area contributed by atoms with Gasteiger partial charge in [0.2, 0.25) is 5.95 Å². The van der Waals surface area contributed by atoms with Crippen LogP contribution in [0.3, 0.4) is 0 Å². The molecule has 50 valence electrons. The summed E-state index contributed by atoms with van der Waals surface area (Å²) in [5, 5.41) is 0. The molecule has 2 aromatic heterocycles. The topological polar surface area (TPSA) is 56.2 Å². The fourth-order valence-electron chi connectivity index (χ4n) is 0.872. The van der Waals surface area contributed by atoms with Crippen molar-refractivity contribution in [2.75, 3.05) is 5.73 Å². The summed E-state index contributed by atoms with van der Waals surface area (Å²) in [6.07, 6.45) is 5.03. The SMILES string of the molecule is Nc1nccc2cncn12. The van der Waals surface area contributed by atoms with Crippen molar-refractivity contribution in [2.24, 2.45) is 0 Å². The minimum absolute atomic E-state index is 0.468. The van der Waals surface area contributed by atoms with Gasteiger partial charge < -0.3 is 5.73 Å². The second-order valence-corrected chi connectivity index (χ2v) is 1.99. The zero-order valence-electron chi connectivity index (χ0n) is 5.23. The van der Waals surface area contributed by atoms with Crippen molar-refractivity contribution in [1.82, 2.24) is 14.4 Å². The molecule has 2 aromatic rings. The van der Waals surface area contributed by atoms with Gasteiger partial charge in [0.05, 0.1) is 11.7 Å². The lowest BCUT2D eigenvalue weighted by Gasteiger charge is -1.94. The van der Waals surface area contributed by atoms with E-state index in [4.69, 9.17) is 5.73 Å². The Morgan fingerprint density at radius 1 is 1.50 bits per heavy atom. The monoisotopic (exact) mass is 134 g/mol. The van der Waals surface area contributed by atoms with Gasteiger partial charge in [-0.1, -0.05) is 0 Å². The predicted molar refractivity (Wildman–Crippen MR) is 37.4 cm³/mol. The molecular formula is C6H6N4. The fraction of sp³-hybridized carbons (Fsp3) is 0. The second kappa shape index (κ2) is 1.70. The molecule has 0 aliphatic carbocycles. The molecule has 0 saturated heterocycles. The van der Waals surface area contributed by atoms with Gasteiger partial charge in [-0.05, 0) is 6.07 Å². The molecule has 0 saturated carbocycles. The molecule has 0 spiro atoms. The molecule has 2 heterocycles. The van der Waals surface area contributed by atoms with Gasteiger partial charge in [-0.2, -0.15) is 0 Å². The number of rotatable bonds is 0. The van der Waals surface area contributed by atoms with Crippen molar-refractivity contribution in [3.05, 3.63) is 24.8 Å². The van der Waals surface area contributed by atoms with Crippen LogP contribution in [0.15, 0.2) is 24.8 Å². The van der Waals surface area contributed by atoms with Crippen LogP contribution in [0, 0.1) is 0 Å². The maximum atomic E-state index is 5.51. The Morgan fingerprint density at radius 2 is 2.40 bits per heavy atom. The van der Waals surface area contributed by atoms with E-state index in [-0.39, 0.29) is 0 Å². The summed E-state index contributed by atoms with van der Waals surface area (Å²) in [7, 11) is 0. The Kier molecular flexibility index (Phi) is 0.887. The summed E-state index contributed by atoms with van der Waals surface area (Å²) >= 11 is 0. The van der Waals surface area contributed by atoms with Gasteiger partial charge >= 0.3 is 0 Å². The van der Waals surface area contributed by atoms with Crippen molar-refractivity contribution in [3.63, 3.8) is 0 Å². The Balaban J connectivity index is 2.95. The highest BCUT2D eigenvalue weighted by molar-refractivity contribution is 5.47. The fourth-order valence-corrected chi connectivity index (χ4v) is 0.872. The molecule has 0 amide bonds. The Bertz CT molecular complexity index is 351. The number of hydrogen-bond acceptors (Lipinski definition) is 3. The molecule has 0 atom stereocenters. The summed E-state index contributed by atoms with van der Waals surface area (Å²) in [6.45, 7) is 0. The Labute approximate surface area is 57.3 Å². The number of nitrogens with zero attached hydrogens (tertiary/aromatic N) is 3. The van der Waals surface area contributed by atoms with Crippen LogP contribution in [-0.2, 0) is 0 Å². The lowest BCUT2D eigenvalue weighted by molar-refractivity contribution is 1.09. The summed E-state index contributed by atoms with van der Waals surface area (Å²) in [6, 6.07) is 1.85. The van der Waals surface area contributed by atoms with E-state index in [1.54, 1.807) is 23.1 Å². The third kappa shape index (κ3) is 0.556. The third-order valence-electron chi connectivity index (χ3n) is 1.37. The molecule has 0 unspecified atom stereocenters. The number of anilines is 1. The second-order valence-electron chi connectivity index (χ2n) is 1.99. The van der Waals surface area contributed by atoms with Crippen LogP contribution in [0.4, 0.5) is 5.95 Å². The lowest BCUT2D eigenvalue weighted by Crippen LogP contribution is -1.97. The molecule has 0 bridgehead atoms. The molecule has 0 aliphatic heterocycles.